The van der Waals surface area contributed by atoms with Crippen LogP contribution in [0.3, 0.4) is 0 Å². The highest BCUT2D eigenvalue weighted by atomic mass is 32.1. The number of nitrogens with zero attached hydrogens (tertiary/aromatic N) is 1. The molecule has 0 aliphatic heterocycles. The van der Waals surface area contributed by atoms with Crippen LogP contribution in [-0.2, 0) is 12.6 Å². The normalized spacial score (nSPS) is 12.6. The molecule has 1 aromatic carbocycles. The van der Waals surface area contributed by atoms with Crippen LogP contribution in [0, 0.1) is 19.3 Å². The molecule has 6 heteroatoms. The molecule has 0 atom stereocenters. The highest BCUT2D eigenvalue weighted by Crippen LogP contribution is 2.49. The highest BCUT2D eigenvalue weighted by Gasteiger charge is 2.39. The maximum absolute atomic E-state index is 14.2. The molecular formula is C25H24F3NOS. The van der Waals surface area contributed by atoms with Gasteiger partial charge in [-0.15, -0.1) is 11.3 Å². The molecule has 3 aromatic heterocycles. The quantitative estimate of drug-likeness (QED) is 0.317. The van der Waals surface area contributed by atoms with E-state index in [0.717, 1.165) is 28.0 Å². The average molecular weight is 444 g/mol. The van der Waals surface area contributed by atoms with E-state index in [4.69, 9.17) is 4.42 Å². The van der Waals surface area contributed by atoms with Crippen molar-refractivity contribution in [1.29, 1.82) is 0 Å². The zero-order valence-corrected chi connectivity index (χ0v) is 19.0. The van der Waals surface area contributed by atoms with Gasteiger partial charge in [-0.2, -0.15) is 13.2 Å². The van der Waals surface area contributed by atoms with Gasteiger partial charge in [0.15, 0.2) is 0 Å². The molecule has 3 heterocycles. The standard InChI is InChI=1S/C25H24F3NOS/c1-14-10-15(2)12-16(11-14)21-22-18(8-9-29-21)20(25(26,27)28)23(31-22)19-7-6-17(30-19)13-24(3,4)5/h6-12H,13H2,1-5H3. The summed E-state index contributed by atoms with van der Waals surface area (Å²) in [5.74, 6) is 0.930. The largest absolute Gasteiger partial charge is 0.460 e. The van der Waals surface area contributed by atoms with Gasteiger partial charge in [-0.3, -0.25) is 4.98 Å². The number of halogens is 3. The monoisotopic (exact) mass is 443 g/mol. The number of thiophene rings is 1. The maximum atomic E-state index is 14.2. The van der Waals surface area contributed by atoms with Crippen molar-refractivity contribution in [2.75, 3.05) is 0 Å². The summed E-state index contributed by atoms with van der Waals surface area (Å²) in [6, 6.07) is 10.8. The molecule has 0 amide bonds. The minimum atomic E-state index is -4.51. The van der Waals surface area contributed by atoms with Crippen LogP contribution < -0.4 is 0 Å². The second-order valence-electron chi connectivity index (χ2n) is 9.22. The van der Waals surface area contributed by atoms with E-state index in [-0.39, 0.29) is 21.4 Å². The minimum absolute atomic E-state index is 0.0255. The summed E-state index contributed by atoms with van der Waals surface area (Å²) in [5.41, 5.74) is 2.78. The van der Waals surface area contributed by atoms with Crippen LogP contribution in [0.25, 0.3) is 32.0 Å². The third-order valence-electron chi connectivity index (χ3n) is 4.97. The summed E-state index contributed by atoms with van der Waals surface area (Å²) in [5, 5.41) is 0.158. The van der Waals surface area contributed by atoms with Gasteiger partial charge in [0.25, 0.3) is 0 Å². The number of aromatic nitrogens is 1. The van der Waals surface area contributed by atoms with Gasteiger partial charge >= 0.3 is 6.18 Å². The molecule has 4 rings (SSSR count). The van der Waals surface area contributed by atoms with Crippen molar-refractivity contribution in [3.63, 3.8) is 0 Å². The van der Waals surface area contributed by atoms with E-state index in [2.05, 4.69) is 25.8 Å². The Hall–Kier alpha value is -2.60. The molecule has 0 unspecified atom stereocenters. The summed E-state index contributed by atoms with van der Waals surface area (Å²) < 4.78 is 48.9. The van der Waals surface area contributed by atoms with Gasteiger partial charge in [-0.25, -0.2) is 0 Å². The average Bonchev–Trinajstić information content (AvgIpc) is 3.22. The van der Waals surface area contributed by atoms with E-state index in [1.165, 1.54) is 12.3 Å². The Labute approximate surface area is 183 Å². The van der Waals surface area contributed by atoms with E-state index in [1.807, 2.05) is 32.0 Å². The molecule has 0 bridgehead atoms. The topological polar surface area (TPSA) is 26.0 Å². The Morgan fingerprint density at radius 2 is 1.65 bits per heavy atom. The summed E-state index contributed by atoms with van der Waals surface area (Å²) >= 11 is 1.09. The molecule has 0 saturated heterocycles. The van der Waals surface area contributed by atoms with Gasteiger partial charge in [0.1, 0.15) is 11.5 Å². The first-order chi connectivity index (χ1) is 14.4. The number of hydrogen-bond acceptors (Lipinski definition) is 3. The van der Waals surface area contributed by atoms with Gasteiger partial charge in [0.2, 0.25) is 0 Å². The smallest absolute Gasteiger partial charge is 0.418 e. The number of benzene rings is 1. The fraction of sp³-hybridized carbons (Fsp3) is 0.320. The molecular weight excluding hydrogens is 419 g/mol. The number of pyridine rings is 1. The Kier molecular flexibility index (Phi) is 5.24. The fourth-order valence-electron chi connectivity index (χ4n) is 3.91. The molecule has 0 saturated carbocycles. The van der Waals surface area contributed by atoms with Crippen molar-refractivity contribution in [3.8, 4) is 21.9 Å². The molecule has 0 spiro atoms. The molecule has 0 fully saturated rings. The van der Waals surface area contributed by atoms with Crippen molar-refractivity contribution in [2.45, 2.75) is 47.2 Å². The molecule has 162 valence electrons. The molecule has 0 radical (unpaired) electrons. The zero-order valence-electron chi connectivity index (χ0n) is 18.1. The molecule has 0 aliphatic carbocycles. The fourth-order valence-corrected chi connectivity index (χ4v) is 5.20. The first kappa shape index (κ1) is 21.6. The lowest BCUT2D eigenvalue weighted by Gasteiger charge is -2.15. The number of aryl methyl sites for hydroxylation is 2. The lowest BCUT2D eigenvalue weighted by Crippen LogP contribution is -2.08. The number of fused-ring (bicyclic) bond motifs is 1. The number of hydrogen-bond donors (Lipinski definition) is 0. The Morgan fingerprint density at radius 1 is 0.968 bits per heavy atom. The van der Waals surface area contributed by atoms with Crippen molar-refractivity contribution >= 4 is 21.4 Å². The summed E-state index contributed by atoms with van der Waals surface area (Å²) in [4.78, 5) is 4.55. The summed E-state index contributed by atoms with van der Waals surface area (Å²) in [7, 11) is 0. The maximum Gasteiger partial charge on any atom is 0.418 e. The predicted molar refractivity (Wildman–Crippen MR) is 120 cm³/mol. The van der Waals surface area contributed by atoms with E-state index < -0.39 is 11.7 Å². The first-order valence-corrected chi connectivity index (χ1v) is 10.9. The molecule has 2 nitrogen and oxygen atoms in total. The SMILES string of the molecule is Cc1cc(C)cc(-c2nccc3c(C(F)(F)F)c(-c4ccc(CC(C)(C)C)o4)sc23)c1. The Balaban J connectivity index is 1.94. The van der Waals surface area contributed by atoms with E-state index in [9.17, 15) is 13.2 Å². The second-order valence-corrected chi connectivity index (χ2v) is 10.2. The van der Waals surface area contributed by atoms with E-state index >= 15 is 0 Å². The van der Waals surface area contributed by atoms with Crippen molar-refractivity contribution in [2.24, 2.45) is 5.41 Å². The van der Waals surface area contributed by atoms with Gasteiger partial charge < -0.3 is 4.42 Å². The van der Waals surface area contributed by atoms with Gasteiger partial charge in [-0.1, -0.05) is 38.0 Å². The number of furan rings is 1. The minimum Gasteiger partial charge on any atom is -0.460 e. The van der Waals surface area contributed by atoms with Crippen LogP contribution in [0.15, 0.2) is 47.0 Å². The summed E-state index contributed by atoms with van der Waals surface area (Å²) in [6.45, 7) is 10.1. The zero-order chi connectivity index (χ0) is 22.6. The van der Waals surface area contributed by atoms with Crippen molar-refractivity contribution < 1.29 is 17.6 Å². The van der Waals surface area contributed by atoms with E-state index in [1.54, 1.807) is 12.1 Å². The van der Waals surface area contributed by atoms with Gasteiger partial charge in [0.05, 0.1) is 20.8 Å². The lowest BCUT2D eigenvalue weighted by atomic mass is 9.91. The number of alkyl halides is 3. The highest BCUT2D eigenvalue weighted by molar-refractivity contribution is 7.23. The van der Waals surface area contributed by atoms with Crippen LogP contribution in [0.2, 0.25) is 0 Å². The second kappa shape index (κ2) is 7.52. The summed E-state index contributed by atoms with van der Waals surface area (Å²) in [6.07, 6.45) is -2.41. The third-order valence-corrected chi connectivity index (χ3v) is 6.20. The lowest BCUT2D eigenvalue weighted by molar-refractivity contribution is -0.135. The first-order valence-electron chi connectivity index (χ1n) is 10.1. The third kappa shape index (κ3) is 4.40. The Morgan fingerprint density at radius 3 is 2.26 bits per heavy atom. The predicted octanol–water partition coefficient (Wildman–Crippen LogP) is 8.45. The van der Waals surface area contributed by atoms with Crippen LogP contribution in [0.4, 0.5) is 13.2 Å². The van der Waals surface area contributed by atoms with Crippen LogP contribution in [-0.4, -0.2) is 4.98 Å². The van der Waals surface area contributed by atoms with Crippen LogP contribution in [0.1, 0.15) is 43.2 Å². The molecule has 0 N–H and O–H groups in total. The number of rotatable bonds is 3. The van der Waals surface area contributed by atoms with Gasteiger partial charge in [-0.05, 0) is 49.6 Å². The van der Waals surface area contributed by atoms with Crippen LogP contribution >= 0.6 is 11.3 Å². The van der Waals surface area contributed by atoms with Crippen molar-refractivity contribution in [1.82, 2.24) is 4.98 Å². The van der Waals surface area contributed by atoms with Crippen molar-refractivity contribution in [3.05, 3.63) is 65.0 Å². The van der Waals surface area contributed by atoms with Crippen LogP contribution in [0.5, 0.6) is 0 Å². The van der Waals surface area contributed by atoms with Gasteiger partial charge in [0, 0.05) is 23.6 Å². The van der Waals surface area contributed by atoms with E-state index in [0.29, 0.717) is 22.6 Å². The molecule has 4 aromatic rings. The Bertz CT molecular complexity index is 1240. The molecule has 0 aliphatic rings. The molecule has 31 heavy (non-hydrogen) atoms.